The molecule has 0 spiro atoms. The third-order valence-electron chi connectivity index (χ3n) is 2.34. The predicted octanol–water partition coefficient (Wildman–Crippen LogP) is 1.04. The number of hydrogen-bond donors (Lipinski definition) is 1. The molecule has 0 saturated carbocycles. The molecule has 2 heterocycles. The number of carboxylic acid groups (broad SMARTS) is 1. The molecule has 15 heavy (non-hydrogen) atoms. The topological polar surface area (TPSA) is 66.3 Å². The third kappa shape index (κ3) is 2.36. The van der Waals surface area contributed by atoms with Gasteiger partial charge in [0.1, 0.15) is 11.0 Å². The predicted molar refractivity (Wildman–Crippen MR) is 55.0 cm³/mol. The van der Waals surface area contributed by atoms with E-state index in [2.05, 4.69) is 9.97 Å². The van der Waals surface area contributed by atoms with Crippen LogP contribution in [0.5, 0.6) is 0 Å². The van der Waals surface area contributed by atoms with Crippen LogP contribution in [0.2, 0.25) is 5.15 Å². The molecule has 0 amide bonds. The lowest BCUT2D eigenvalue weighted by atomic mass is 9.97. The van der Waals surface area contributed by atoms with E-state index in [0.717, 1.165) is 0 Å². The summed E-state index contributed by atoms with van der Waals surface area (Å²) in [7, 11) is 0. The second-order valence-corrected chi connectivity index (χ2v) is 3.96. The van der Waals surface area contributed by atoms with Crippen LogP contribution >= 0.6 is 11.6 Å². The minimum atomic E-state index is -0.753. The summed E-state index contributed by atoms with van der Waals surface area (Å²) < 4.78 is 0. The fourth-order valence-electron chi connectivity index (χ4n) is 1.62. The average Bonchev–Trinajstić information content (AvgIpc) is 2.10. The van der Waals surface area contributed by atoms with Gasteiger partial charge in [-0.25, -0.2) is 4.98 Å². The molecule has 0 aromatic carbocycles. The van der Waals surface area contributed by atoms with Crippen molar-refractivity contribution >= 4 is 23.4 Å². The number of nitrogens with zero attached hydrogens (tertiary/aromatic N) is 3. The molecule has 0 bridgehead atoms. The van der Waals surface area contributed by atoms with Gasteiger partial charge in [0.15, 0.2) is 0 Å². The zero-order valence-corrected chi connectivity index (χ0v) is 8.68. The SMILES string of the molecule is O=C(O)CC1CN(c2cncc(Cl)n2)C1. The van der Waals surface area contributed by atoms with Gasteiger partial charge in [0.25, 0.3) is 0 Å². The quantitative estimate of drug-likeness (QED) is 0.836. The van der Waals surface area contributed by atoms with Crippen LogP contribution in [0.25, 0.3) is 0 Å². The normalized spacial score (nSPS) is 16.2. The van der Waals surface area contributed by atoms with Gasteiger partial charge >= 0.3 is 5.97 Å². The van der Waals surface area contributed by atoms with Crippen molar-refractivity contribution < 1.29 is 9.90 Å². The Bertz CT molecular complexity index is 379. The summed E-state index contributed by atoms with van der Waals surface area (Å²) in [5.41, 5.74) is 0. The van der Waals surface area contributed by atoms with Gasteiger partial charge < -0.3 is 10.0 Å². The Morgan fingerprint density at radius 1 is 1.60 bits per heavy atom. The van der Waals surface area contributed by atoms with Crippen molar-refractivity contribution in [3.05, 3.63) is 17.5 Å². The Morgan fingerprint density at radius 3 is 2.93 bits per heavy atom. The Labute approximate surface area is 91.7 Å². The first-order valence-corrected chi connectivity index (χ1v) is 4.97. The summed E-state index contributed by atoms with van der Waals surface area (Å²) in [4.78, 5) is 20.4. The molecule has 5 nitrogen and oxygen atoms in total. The molecule has 1 saturated heterocycles. The van der Waals surface area contributed by atoms with Crippen LogP contribution in [0, 0.1) is 5.92 Å². The first-order valence-electron chi connectivity index (χ1n) is 4.59. The molecular formula is C9H10ClN3O2. The third-order valence-corrected chi connectivity index (χ3v) is 2.52. The summed E-state index contributed by atoms with van der Waals surface area (Å²) >= 11 is 5.70. The number of halogens is 1. The Hall–Kier alpha value is -1.36. The highest BCUT2D eigenvalue weighted by atomic mass is 35.5. The van der Waals surface area contributed by atoms with Gasteiger partial charge in [-0.1, -0.05) is 11.6 Å². The smallest absolute Gasteiger partial charge is 0.303 e. The lowest BCUT2D eigenvalue weighted by Crippen LogP contribution is -2.48. The molecule has 1 aromatic heterocycles. The maximum atomic E-state index is 10.4. The number of rotatable bonds is 3. The minimum Gasteiger partial charge on any atom is -0.481 e. The van der Waals surface area contributed by atoms with Crippen LogP contribution in [-0.2, 0) is 4.79 Å². The zero-order chi connectivity index (χ0) is 10.8. The first-order chi connectivity index (χ1) is 7.15. The van der Waals surface area contributed by atoms with Gasteiger partial charge in [0, 0.05) is 19.0 Å². The summed E-state index contributed by atoms with van der Waals surface area (Å²) in [6.45, 7) is 1.42. The molecule has 1 fully saturated rings. The lowest BCUT2D eigenvalue weighted by Gasteiger charge is -2.39. The maximum absolute atomic E-state index is 10.4. The number of aromatic nitrogens is 2. The molecule has 80 valence electrons. The number of anilines is 1. The van der Waals surface area contributed by atoms with Gasteiger partial charge in [-0.2, -0.15) is 0 Å². The first kappa shape index (κ1) is 10.2. The number of aliphatic carboxylic acids is 1. The van der Waals surface area contributed by atoms with Crippen molar-refractivity contribution in [2.75, 3.05) is 18.0 Å². The number of carbonyl (C=O) groups is 1. The summed E-state index contributed by atoms with van der Waals surface area (Å²) in [5.74, 6) is 0.171. The van der Waals surface area contributed by atoms with E-state index in [1.165, 1.54) is 6.20 Å². The number of hydrogen-bond acceptors (Lipinski definition) is 4. The highest BCUT2D eigenvalue weighted by Crippen LogP contribution is 2.24. The standard InChI is InChI=1S/C9H10ClN3O2/c10-7-2-11-3-8(12-7)13-4-6(5-13)1-9(14)15/h2-3,6H,1,4-5H2,(H,14,15). The molecule has 0 atom stereocenters. The molecule has 1 N–H and O–H groups in total. The fraction of sp³-hybridized carbons (Fsp3) is 0.444. The van der Waals surface area contributed by atoms with Crippen LogP contribution < -0.4 is 4.90 Å². The van der Waals surface area contributed by atoms with Gasteiger partial charge in [0.05, 0.1) is 18.8 Å². The van der Waals surface area contributed by atoms with Crippen LogP contribution in [0.3, 0.4) is 0 Å². The van der Waals surface area contributed by atoms with Crippen molar-refractivity contribution in [3.8, 4) is 0 Å². The van der Waals surface area contributed by atoms with E-state index < -0.39 is 5.97 Å². The molecule has 0 aliphatic carbocycles. The summed E-state index contributed by atoms with van der Waals surface area (Å²) in [5, 5.41) is 8.94. The van der Waals surface area contributed by atoms with E-state index in [1.54, 1.807) is 6.20 Å². The van der Waals surface area contributed by atoms with Crippen LogP contribution in [0.1, 0.15) is 6.42 Å². The highest BCUT2D eigenvalue weighted by Gasteiger charge is 2.29. The van der Waals surface area contributed by atoms with Gasteiger partial charge in [-0.3, -0.25) is 9.78 Å². The van der Waals surface area contributed by atoms with Crippen molar-refractivity contribution in [1.82, 2.24) is 9.97 Å². The molecule has 2 rings (SSSR count). The molecule has 0 unspecified atom stereocenters. The van der Waals surface area contributed by atoms with Crippen molar-refractivity contribution in [3.63, 3.8) is 0 Å². The van der Waals surface area contributed by atoms with Gasteiger partial charge in [-0.15, -0.1) is 0 Å². The molecule has 0 radical (unpaired) electrons. The van der Waals surface area contributed by atoms with Crippen molar-refractivity contribution in [2.45, 2.75) is 6.42 Å². The second kappa shape index (κ2) is 4.02. The molecule has 1 aliphatic rings. The summed E-state index contributed by atoms with van der Waals surface area (Å²) in [6, 6.07) is 0. The van der Waals surface area contributed by atoms with E-state index in [4.69, 9.17) is 16.7 Å². The fourth-order valence-corrected chi connectivity index (χ4v) is 1.76. The maximum Gasteiger partial charge on any atom is 0.303 e. The van der Waals surface area contributed by atoms with Gasteiger partial charge in [0.2, 0.25) is 0 Å². The summed E-state index contributed by atoms with van der Waals surface area (Å²) in [6.07, 6.45) is 3.31. The van der Waals surface area contributed by atoms with E-state index >= 15 is 0 Å². The Balaban J connectivity index is 1.92. The van der Waals surface area contributed by atoms with E-state index in [-0.39, 0.29) is 12.3 Å². The highest BCUT2D eigenvalue weighted by molar-refractivity contribution is 6.29. The largest absolute Gasteiger partial charge is 0.481 e. The minimum absolute atomic E-state index is 0.211. The lowest BCUT2D eigenvalue weighted by molar-refractivity contribution is -0.138. The van der Waals surface area contributed by atoms with Crippen LogP contribution in [-0.4, -0.2) is 34.1 Å². The average molecular weight is 228 g/mol. The molecule has 1 aliphatic heterocycles. The number of carboxylic acids is 1. The monoisotopic (exact) mass is 227 g/mol. The zero-order valence-electron chi connectivity index (χ0n) is 7.93. The van der Waals surface area contributed by atoms with E-state index in [0.29, 0.717) is 24.1 Å². The van der Waals surface area contributed by atoms with Crippen molar-refractivity contribution in [2.24, 2.45) is 5.92 Å². The Kier molecular flexibility index (Phi) is 2.73. The molecule has 1 aromatic rings. The van der Waals surface area contributed by atoms with Crippen molar-refractivity contribution in [1.29, 1.82) is 0 Å². The van der Waals surface area contributed by atoms with E-state index in [1.807, 2.05) is 4.90 Å². The second-order valence-electron chi connectivity index (χ2n) is 3.57. The van der Waals surface area contributed by atoms with E-state index in [9.17, 15) is 4.79 Å². The Morgan fingerprint density at radius 2 is 2.33 bits per heavy atom. The van der Waals surface area contributed by atoms with Crippen LogP contribution in [0.4, 0.5) is 5.82 Å². The molecular weight excluding hydrogens is 218 g/mol. The molecule has 6 heteroatoms. The van der Waals surface area contributed by atoms with Gasteiger partial charge in [-0.05, 0) is 0 Å². The van der Waals surface area contributed by atoms with Crippen LogP contribution in [0.15, 0.2) is 12.4 Å².